The second-order valence-corrected chi connectivity index (χ2v) is 6.46. The Labute approximate surface area is 151 Å². The van der Waals surface area contributed by atoms with E-state index in [2.05, 4.69) is 48.5 Å². The molecule has 6 heteroatoms. The molecule has 0 unspecified atom stereocenters. The second-order valence-electron chi connectivity index (χ2n) is 5.57. The van der Waals surface area contributed by atoms with Gasteiger partial charge in [0.1, 0.15) is 11.5 Å². The molecule has 0 heterocycles. The van der Waals surface area contributed by atoms with Gasteiger partial charge in [0, 0.05) is 0 Å². The summed E-state index contributed by atoms with van der Waals surface area (Å²) in [6.07, 6.45) is 0. The zero-order valence-corrected chi connectivity index (χ0v) is 14.4. The molecule has 0 radical (unpaired) electrons. The molecule has 0 spiro atoms. The predicted octanol–water partition coefficient (Wildman–Crippen LogP) is 5.13. The Bertz CT molecular complexity index is 1070. The highest BCUT2D eigenvalue weighted by molar-refractivity contribution is 7.79. The third-order valence-electron chi connectivity index (χ3n) is 3.68. The van der Waals surface area contributed by atoms with Crippen molar-refractivity contribution in [3.8, 4) is 11.5 Å². The van der Waals surface area contributed by atoms with Crippen molar-refractivity contribution in [1.29, 1.82) is 0 Å². The van der Waals surface area contributed by atoms with Crippen LogP contribution in [0.25, 0.3) is 21.5 Å². The Morgan fingerprint density at radius 1 is 0.577 bits per heavy atom. The summed E-state index contributed by atoms with van der Waals surface area (Å²) in [5.41, 5.74) is 0. The molecule has 26 heavy (non-hydrogen) atoms. The molecule has 0 aliphatic carbocycles. The van der Waals surface area contributed by atoms with Crippen LogP contribution in [-0.4, -0.2) is 17.5 Å². The molecular weight excluding hydrogens is 352 g/mol. The van der Waals surface area contributed by atoms with Gasteiger partial charge < -0.3 is 4.74 Å². The first kappa shape index (κ1) is 17.9. The van der Waals surface area contributed by atoms with Gasteiger partial charge in [-0.2, -0.15) is 8.42 Å². The van der Waals surface area contributed by atoms with Gasteiger partial charge in [-0.1, -0.05) is 60.7 Å². The quantitative estimate of drug-likeness (QED) is 0.479. The van der Waals surface area contributed by atoms with Crippen LogP contribution < -0.4 is 4.74 Å². The molecule has 0 aliphatic rings. The Morgan fingerprint density at radius 2 is 0.923 bits per heavy atom. The lowest BCUT2D eigenvalue weighted by Crippen LogP contribution is -1.89. The smallest absolute Gasteiger partial charge is 0.394 e. The summed E-state index contributed by atoms with van der Waals surface area (Å²) in [5, 5.41) is 4.83. The maximum absolute atomic E-state index is 8.74. The van der Waals surface area contributed by atoms with Gasteiger partial charge in [-0.3, -0.25) is 9.11 Å². The third-order valence-corrected chi connectivity index (χ3v) is 3.68. The fourth-order valence-corrected chi connectivity index (χ4v) is 2.60. The van der Waals surface area contributed by atoms with Crippen molar-refractivity contribution < 1.29 is 22.3 Å². The zero-order valence-electron chi connectivity index (χ0n) is 13.6. The van der Waals surface area contributed by atoms with E-state index in [1.807, 2.05) is 36.4 Å². The average molecular weight is 368 g/mol. The summed E-state index contributed by atoms with van der Waals surface area (Å²) >= 11 is 0. The van der Waals surface area contributed by atoms with Gasteiger partial charge in [0.05, 0.1) is 0 Å². The number of hydrogen-bond acceptors (Lipinski definition) is 3. The number of ether oxygens (including phenoxy) is 1. The minimum atomic E-state index is -4.67. The molecule has 2 N–H and O–H groups in total. The minimum absolute atomic E-state index is 0.865. The van der Waals surface area contributed by atoms with Crippen LogP contribution in [-0.2, 0) is 10.4 Å². The highest BCUT2D eigenvalue weighted by Crippen LogP contribution is 2.28. The summed E-state index contributed by atoms with van der Waals surface area (Å²) in [6, 6.07) is 28.9. The molecule has 0 amide bonds. The van der Waals surface area contributed by atoms with Gasteiger partial charge in [-0.15, -0.1) is 0 Å². The van der Waals surface area contributed by atoms with Gasteiger partial charge in [0.25, 0.3) is 0 Å². The molecule has 132 valence electrons. The second kappa shape index (κ2) is 7.53. The van der Waals surface area contributed by atoms with E-state index in [0.29, 0.717) is 0 Å². The Hall–Kier alpha value is -2.93. The van der Waals surface area contributed by atoms with Crippen LogP contribution in [0.1, 0.15) is 0 Å². The summed E-state index contributed by atoms with van der Waals surface area (Å²) < 4.78 is 37.6. The largest absolute Gasteiger partial charge is 0.457 e. The van der Waals surface area contributed by atoms with Gasteiger partial charge in [0.2, 0.25) is 0 Å². The van der Waals surface area contributed by atoms with Gasteiger partial charge >= 0.3 is 10.4 Å². The minimum Gasteiger partial charge on any atom is -0.457 e. The Morgan fingerprint density at radius 3 is 1.31 bits per heavy atom. The van der Waals surface area contributed by atoms with Crippen LogP contribution in [0.5, 0.6) is 11.5 Å². The van der Waals surface area contributed by atoms with E-state index < -0.39 is 10.4 Å². The highest BCUT2D eigenvalue weighted by atomic mass is 32.3. The summed E-state index contributed by atoms with van der Waals surface area (Å²) in [4.78, 5) is 0. The monoisotopic (exact) mass is 368 g/mol. The zero-order chi connectivity index (χ0) is 18.6. The van der Waals surface area contributed by atoms with Gasteiger partial charge in [-0.25, -0.2) is 0 Å². The highest BCUT2D eigenvalue weighted by Gasteiger charge is 2.01. The Balaban J connectivity index is 0.000000349. The SMILES string of the molecule is O=S(=O)(O)O.c1ccc2cc(Oc3ccc4ccccc4c3)ccc2c1. The van der Waals surface area contributed by atoms with Crippen LogP contribution in [0.3, 0.4) is 0 Å². The van der Waals surface area contributed by atoms with E-state index in [4.69, 9.17) is 22.3 Å². The predicted molar refractivity (Wildman–Crippen MR) is 102 cm³/mol. The first-order chi connectivity index (χ1) is 12.4. The molecule has 4 aromatic rings. The first-order valence-corrected chi connectivity index (χ1v) is 9.13. The maximum Gasteiger partial charge on any atom is 0.394 e. The fourth-order valence-electron chi connectivity index (χ4n) is 2.60. The van der Waals surface area contributed by atoms with Crippen LogP contribution in [0.15, 0.2) is 84.9 Å². The lowest BCUT2D eigenvalue weighted by Gasteiger charge is -2.08. The van der Waals surface area contributed by atoms with E-state index in [0.717, 1.165) is 11.5 Å². The van der Waals surface area contributed by atoms with Crippen molar-refractivity contribution in [3.63, 3.8) is 0 Å². The maximum atomic E-state index is 8.74. The van der Waals surface area contributed by atoms with E-state index in [9.17, 15) is 0 Å². The number of rotatable bonds is 2. The molecule has 0 bridgehead atoms. The van der Waals surface area contributed by atoms with E-state index in [1.165, 1.54) is 21.5 Å². The van der Waals surface area contributed by atoms with Crippen molar-refractivity contribution in [3.05, 3.63) is 84.9 Å². The molecule has 4 aromatic carbocycles. The molecule has 0 atom stereocenters. The average Bonchev–Trinajstić information content (AvgIpc) is 2.60. The summed E-state index contributed by atoms with van der Waals surface area (Å²) in [5.74, 6) is 1.73. The van der Waals surface area contributed by atoms with Crippen LogP contribution in [0.2, 0.25) is 0 Å². The molecule has 0 saturated heterocycles. The molecule has 0 saturated carbocycles. The molecule has 0 aliphatic heterocycles. The molecule has 0 fully saturated rings. The first-order valence-electron chi connectivity index (χ1n) is 7.74. The third kappa shape index (κ3) is 5.03. The van der Waals surface area contributed by atoms with Crippen molar-refractivity contribution in [2.24, 2.45) is 0 Å². The van der Waals surface area contributed by atoms with Crippen LogP contribution >= 0.6 is 0 Å². The number of fused-ring (bicyclic) bond motifs is 2. The van der Waals surface area contributed by atoms with Gasteiger partial charge in [-0.05, 0) is 45.8 Å². The number of hydrogen-bond donors (Lipinski definition) is 2. The van der Waals surface area contributed by atoms with E-state index in [-0.39, 0.29) is 0 Å². The van der Waals surface area contributed by atoms with Crippen molar-refractivity contribution in [2.45, 2.75) is 0 Å². The summed E-state index contributed by atoms with van der Waals surface area (Å²) in [6.45, 7) is 0. The topological polar surface area (TPSA) is 83.8 Å². The molecule has 5 nitrogen and oxygen atoms in total. The molecular formula is C20H16O5S. The van der Waals surface area contributed by atoms with E-state index in [1.54, 1.807) is 0 Å². The standard InChI is InChI=1S/C20H14O.H2O4S/c1-3-7-17-13-19(11-9-15(17)5-1)21-20-12-10-16-6-2-4-8-18(16)14-20;1-5(2,3)4/h1-14H;(H2,1,2,3,4). The fraction of sp³-hybridized carbons (Fsp3) is 0. The van der Waals surface area contributed by atoms with Gasteiger partial charge in [0.15, 0.2) is 0 Å². The van der Waals surface area contributed by atoms with Crippen LogP contribution in [0, 0.1) is 0 Å². The lowest BCUT2D eigenvalue weighted by atomic mass is 10.1. The lowest BCUT2D eigenvalue weighted by molar-refractivity contribution is 0.381. The molecule has 4 rings (SSSR count). The summed E-state index contributed by atoms with van der Waals surface area (Å²) in [7, 11) is -4.67. The normalized spacial score (nSPS) is 11.0. The van der Waals surface area contributed by atoms with E-state index >= 15 is 0 Å². The van der Waals surface area contributed by atoms with Crippen molar-refractivity contribution in [1.82, 2.24) is 0 Å². The van der Waals surface area contributed by atoms with Crippen molar-refractivity contribution >= 4 is 31.9 Å². The van der Waals surface area contributed by atoms with Crippen molar-refractivity contribution in [2.75, 3.05) is 0 Å². The van der Waals surface area contributed by atoms with Crippen LogP contribution in [0.4, 0.5) is 0 Å². The molecule has 0 aromatic heterocycles. The Kier molecular flexibility index (Phi) is 5.18. The number of benzene rings is 4.